The lowest BCUT2D eigenvalue weighted by atomic mass is 10.0. The number of nitrogen functional groups attached to an aromatic ring is 1. The van der Waals surface area contributed by atoms with Crippen LogP contribution in [0.2, 0.25) is 0 Å². The summed E-state index contributed by atoms with van der Waals surface area (Å²) in [6.45, 7) is 0.659. The van der Waals surface area contributed by atoms with Gasteiger partial charge in [-0.2, -0.15) is 0 Å². The Bertz CT molecular complexity index is 639. The summed E-state index contributed by atoms with van der Waals surface area (Å²) >= 11 is 1.76. The molecule has 108 valence electrons. The number of nitrogens with two attached hydrogens (primary N) is 1. The Balaban J connectivity index is 1.54. The van der Waals surface area contributed by atoms with Gasteiger partial charge in [-0.15, -0.1) is 11.8 Å². The molecule has 3 nitrogen and oxygen atoms in total. The highest BCUT2D eigenvalue weighted by molar-refractivity contribution is 7.99. The summed E-state index contributed by atoms with van der Waals surface area (Å²) in [5.74, 6) is 0.952. The van der Waals surface area contributed by atoms with Gasteiger partial charge in [0.05, 0.1) is 5.92 Å². The van der Waals surface area contributed by atoms with E-state index in [1.165, 1.54) is 10.5 Å². The lowest BCUT2D eigenvalue weighted by molar-refractivity contribution is -0.122. The van der Waals surface area contributed by atoms with E-state index in [-0.39, 0.29) is 11.8 Å². The summed E-state index contributed by atoms with van der Waals surface area (Å²) in [6, 6.07) is 15.9. The lowest BCUT2D eigenvalue weighted by Crippen LogP contribution is -2.31. The molecule has 0 spiro atoms. The Labute approximate surface area is 128 Å². The Kier molecular flexibility index (Phi) is 4.15. The zero-order chi connectivity index (χ0) is 14.7. The predicted octanol–water partition coefficient (Wildman–Crippen LogP) is 2.82. The second-order valence-electron chi connectivity index (χ2n) is 5.18. The van der Waals surface area contributed by atoms with Crippen molar-refractivity contribution in [1.29, 1.82) is 0 Å². The highest BCUT2D eigenvalue weighted by Gasteiger charge is 2.28. The average molecular weight is 298 g/mol. The first-order valence-corrected chi connectivity index (χ1v) is 8.06. The molecule has 0 bridgehead atoms. The maximum absolute atomic E-state index is 12.3. The normalized spacial score (nSPS) is 16.5. The Morgan fingerprint density at radius 1 is 1.19 bits per heavy atom. The molecule has 0 saturated carbocycles. The smallest absolute Gasteiger partial charge is 0.228 e. The van der Waals surface area contributed by atoms with Crippen molar-refractivity contribution < 1.29 is 4.79 Å². The van der Waals surface area contributed by atoms with Crippen molar-refractivity contribution in [2.45, 2.75) is 17.2 Å². The minimum absolute atomic E-state index is 0.0161. The van der Waals surface area contributed by atoms with Gasteiger partial charge in [-0.25, -0.2) is 0 Å². The molecule has 1 atom stereocenters. The Hall–Kier alpha value is -1.94. The highest BCUT2D eigenvalue weighted by atomic mass is 32.2. The van der Waals surface area contributed by atoms with Crippen LogP contribution < -0.4 is 11.1 Å². The molecule has 3 rings (SSSR count). The van der Waals surface area contributed by atoms with Crippen LogP contribution in [0.3, 0.4) is 0 Å². The van der Waals surface area contributed by atoms with Crippen molar-refractivity contribution in [3.8, 4) is 0 Å². The molecule has 0 aliphatic carbocycles. The van der Waals surface area contributed by atoms with Gasteiger partial charge in [0, 0.05) is 22.9 Å². The summed E-state index contributed by atoms with van der Waals surface area (Å²) in [7, 11) is 0. The quantitative estimate of drug-likeness (QED) is 0.853. The van der Waals surface area contributed by atoms with E-state index >= 15 is 0 Å². The fraction of sp³-hybridized carbons (Fsp3) is 0.235. The van der Waals surface area contributed by atoms with E-state index in [0.29, 0.717) is 6.54 Å². The second-order valence-corrected chi connectivity index (χ2v) is 6.25. The summed E-state index contributed by atoms with van der Waals surface area (Å²) < 4.78 is 0. The van der Waals surface area contributed by atoms with Crippen LogP contribution in [0.4, 0.5) is 5.69 Å². The Morgan fingerprint density at radius 2 is 1.95 bits per heavy atom. The van der Waals surface area contributed by atoms with Crippen LogP contribution in [-0.2, 0) is 11.2 Å². The monoisotopic (exact) mass is 298 g/mol. The number of hydrogen-bond acceptors (Lipinski definition) is 3. The van der Waals surface area contributed by atoms with Crippen LogP contribution in [0.15, 0.2) is 53.4 Å². The van der Waals surface area contributed by atoms with Crippen molar-refractivity contribution in [1.82, 2.24) is 5.32 Å². The Morgan fingerprint density at radius 3 is 2.76 bits per heavy atom. The van der Waals surface area contributed by atoms with Crippen molar-refractivity contribution in [3.05, 3.63) is 59.7 Å². The summed E-state index contributed by atoms with van der Waals surface area (Å²) in [6.07, 6.45) is 0.827. The van der Waals surface area contributed by atoms with Gasteiger partial charge in [0.25, 0.3) is 0 Å². The number of anilines is 1. The van der Waals surface area contributed by atoms with Gasteiger partial charge < -0.3 is 11.1 Å². The summed E-state index contributed by atoms with van der Waals surface area (Å²) in [4.78, 5) is 13.5. The number of nitrogens with one attached hydrogen (secondary N) is 1. The van der Waals surface area contributed by atoms with E-state index in [9.17, 15) is 4.79 Å². The first kappa shape index (κ1) is 14.0. The van der Waals surface area contributed by atoms with E-state index in [1.807, 2.05) is 36.4 Å². The average Bonchev–Trinajstić information content (AvgIpc) is 2.93. The van der Waals surface area contributed by atoms with Gasteiger partial charge in [-0.1, -0.05) is 30.3 Å². The fourth-order valence-corrected chi connectivity index (χ4v) is 3.75. The third kappa shape index (κ3) is 3.22. The molecule has 21 heavy (non-hydrogen) atoms. The number of fused-ring (bicyclic) bond motifs is 1. The molecule has 4 heteroatoms. The maximum atomic E-state index is 12.3. The number of carbonyl (C=O) groups excluding carboxylic acids is 1. The summed E-state index contributed by atoms with van der Waals surface area (Å²) in [5.41, 5.74) is 8.77. The number of hydrogen-bond donors (Lipinski definition) is 2. The van der Waals surface area contributed by atoms with Crippen LogP contribution in [-0.4, -0.2) is 18.2 Å². The third-order valence-corrected chi connectivity index (χ3v) is 4.89. The SMILES string of the molecule is Nc1ccc(CCNC(=O)C2CSc3ccccc32)cc1. The maximum Gasteiger partial charge on any atom is 0.228 e. The van der Waals surface area contributed by atoms with Gasteiger partial charge in [0.2, 0.25) is 5.91 Å². The van der Waals surface area contributed by atoms with Crippen molar-refractivity contribution in [2.24, 2.45) is 0 Å². The highest BCUT2D eigenvalue weighted by Crippen LogP contribution is 2.39. The summed E-state index contributed by atoms with van der Waals surface area (Å²) in [5, 5.41) is 3.05. The van der Waals surface area contributed by atoms with Crippen LogP contribution in [0.1, 0.15) is 17.0 Å². The molecule has 0 saturated heterocycles. The number of rotatable bonds is 4. The van der Waals surface area contributed by atoms with Crippen molar-refractivity contribution >= 4 is 23.4 Å². The van der Waals surface area contributed by atoms with E-state index in [4.69, 9.17) is 5.73 Å². The first-order chi connectivity index (χ1) is 10.2. The lowest BCUT2D eigenvalue weighted by Gasteiger charge is -2.11. The van der Waals surface area contributed by atoms with E-state index in [2.05, 4.69) is 17.4 Å². The first-order valence-electron chi connectivity index (χ1n) is 7.08. The number of carbonyl (C=O) groups is 1. The number of thioether (sulfide) groups is 1. The molecule has 2 aromatic rings. The van der Waals surface area contributed by atoms with Gasteiger partial charge in [0.1, 0.15) is 0 Å². The van der Waals surface area contributed by atoms with Gasteiger partial charge in [0.15, 0.2) is 0 Å². The molecule has 3 N–H and O–H groups in total. The van der Waals surface area contributed by atoms with Crippen molar-refractivity contribution in [3.63, 3.8) is 0 Å². The molecule has 1 amide bonds. The second kappa shape index (κ2) is 6.22. The van der Waals surface area contributed by atoms with Gasteiger partial charge in [-0.05, 0) is 35.7 Å². The van der Waals surface area contributed by atoms with Crippen LogP contribution >= 0.6 is 11.8 Å². The fourth-order valence-electron chi connectivity index (χ4n) is 2.52. The van der Waals surface area contributed by atoms with Gasteiger partial charge in [-0.3, -0.25) is 4.79 Å². The molecule has 0 fully saturated rings. The van der Waals surface area contributed by atoms with E-state index in [1.54, 1.807) is 11.8 Å². The van der Waals surface area contributed by atoms with E-state index < -0.39 is 0 Å². The molecule has 1 heterocycles. The topological polar surface area (TPSA) is 55.1 Å². The standard InChI is InChI=1S/C17H18N2OS/c18-13-7-5-12(6-8-13)9-10-19-17(20)15-11-21-16-4-2-1-3-14(15)16/h1-8,15H,9-11,18H2,(H,19,20). The molecule has 1 aliphatic heterocycles. The number of amides is 1. The molecular weight excluding hydrogens is 280 g/mol. The van der Waals surface area contributed by atoms with E-state index in [0.717, 1.165) is 23.4 Å². The van der Waals surface area contributed by atoms with Crippen LogP contribution in [0.5, 0.6) is 0 Å². The molecule has 0 aromatic heterocycles. The zero-order valence-corrected chi connectivity index (χ0v) is 12.5. The third-order valence-electron chi connectivity index (χ3n) is 3.71. The zero-order valence-electron chi connectivity index (χ0n) is 11.7. The minimum atomic E-state index is -0.0161. The molecular formula is C17H18N2OS. The number of benzene rings is 2. The molecule has 1 aliphatic rings. The molecule has 2 aromatic carbocycles. The van der Waals surface area contributed by atoms with Crippen LogP contribution in [0.25, 0.3) is 0 Å². The predicted molar refractivity (Wildman–Crippen MR) is 87.5 cm³/mol. The van der Waals surface area contributed by atoms with Gasteiger partial charge >= 0.3 is 0 Å². The van der Waals surface area contributed by atoms with Crippen LogP contribution in [0, 0.1) is 0 Å². The largest absolute Gasteiger partial charge is 0.399 e. The van der Waals surface area contributed by atoms with Crippen molar-refractivity contribution in [2.75, 3.05) is 18.0 Å². The minimum Gasteiger partial charge on any atom is -0.399 e. The molecule has 1 unspecified atom stereocenters. The molecule has 0 radical (unpaired) electrons.